The molecular weight excluding hydrogens is 422 g/mol. The molecule has 32 heavy (non-hydrogen) atoms. The van der Waals surface area contributed by atoms with E-state index in [0.717, 1.165) is 33.5 Å². The third-order valence-corrected chi connectivity index (χ3v) is 5.05. The Hall–Kier alpha value is -3.71. The Bertz CT molecular complexity index is 1230. The molecule has 4 rings (SSSR count). The van der Waals surface area contributed by atoms with E-state index in [1.807, 2.05) is 80.6 Å². The normalized spacial score (nSPS) is 10.7. The lowest BCUT2D eigenvalue weighted by Gasteiger charge is -2.12. The number of rotatable bonds is 6. The molecule has 3 aromatic carbocycles. The molecule has 0 bridgehead atoms. The summed E-state index contributed by atoms with van der Waals surface area (Å²) in [6.07, 6.45) is 0.589. The minimum Gasteiger partial charge on any atom is -0.483 e. The van der Waals surface area contributed by atoms with Gasteiger partial charge in [-0.05, 0) is 67.5 Å². The van der Waals surface area contributed by atoms with Crippen LogP contribution in [-0.4, -0.2) is 22.6 Å². The maximum Gasteiger partial charge on any atom is 0.264 e. The lowest BCUT2D eigenvalue weighted by Crippen LogP contribution is -2.37. The van der Waals surface area contributed by atoms with Gasteiger partial charge in [0.15, 0.2) is 23.2 Å². The number of ether oxygens (including phenoxy) is 1. The van der Waals surface area contributed by atoms with Crippen molar-refractivity contribution in [3.63, 3.8) is 0 Å². The van der Waals surface area contributed by atoms with Crippen molar-refractivity contribution in [3.05, 3.63) is 89.3 Å². The standard InChI is InChI=1S/C25H23N3O3S/c1-16-7-12-21(17(2)13-16)30-15-23(29)28-25(32)26-19-10-8-18(9-11-19)14-24-27-20-5-3-4-6-22(20)31-24/h3-13H,14-15H2,1-2H3,(H2,26,28,29,32). The summed E-state index contributed by atoms with van der Waals surface area (Å²) in [6.45, 7) is 3.84. The minimum absolute atomic E-state index is 0.116. The highest BCUT2D eigenvalue weighted by atomic mass is 32.1. The molecule has 1 amide bonds. The molecule has 1 heterocycles. The summed E-state index contributed by atoms with van der Waals surface area (Å²) in [7, 11) is 0. The summed E-state index contributed by atoms with van der Waals surface area (Å²) < 4.78 is 11.4. The summed E-state index contributed by atoms with van der Waals surface area (Å²) in [4.78, 5) is 16.6. The van der Waals surface area contributed by atoms with E-state index in [1.165, 1.54) is 0 Å². The smallest absolute Gasteiger partial charge is 0.264 e. The highest BCUT2D eigenvalue weighted by molar-refractivity contribution is 7.80. The number of aromatic nitrogens is 1. The summed E-state index contributed by atoms with van der Waals surface area (Å²) in [5.41, 5.74) is 5.58. The van der Waals surface area contributed by atoms with E-state index in [9.17, 15) is 4.79 Å². The minimum atomic E-state index is -0.324. The fourth-order valence-corrected chi connectivity index (χ4v) is 3.54. The number of hydrogen-bond donors (Lipinski definition) is 2. The number of thiocarbonyl (C=S) groups is 1. The van der Waals surface area contributed by atoms with Crippen LogP contribution in [0.15, 0.2) is 71.1 Å². The summed E-state index contributed by atoms with van der Waals surface area (Å²) in [6, 6.07) is 21.2. The van der Waals surface area contributed by atoms with Gasteiger partial charge < -0.3 is 14.5 Å². The van der Waals surface area contributed by atoms with E-state index in [1.54, 1.807) is 0 Å². The van der Waals surface area contributed by atoms with Gasteiger partial charge in [-0.25, -0.2) is 4.98 Å². The molecule has 0 fully saturated rings. The molecule has 7 heteroatoms. The second-order valence-electron chi connectivity index (χ2n) is 7.51. The van der Waals surface area contributed by atoms with Gasteiger partial charge in [-0.15, -0.1) is 0 Å². The number of hydrogen-bond acceptors (Lipinski definition) is 5. The van der Waals surface area contributed by atoms with Crippen LogP contribution >= 0.6 is 12.2 Å². The van der Waals surface area contributed by atoms with Crippen LogP contribution in [0.25, 0.3) is 11.1 Å². The molecule has 6 nitrogen and oxygen atoms in total. The van der Waals surface area contributed by atoms with Crippen LogP contribution in [0.1, 0.15) is 22.6 Å². The van der Waals surface area contributed by atoms with Crippen molar-refractivity contribution < 1.29 is 13.9 Å². The zero-order valence-corrected chi connectivity index (χ0v) is 18.7. The van der Waals surface area contributed by atoms with Crippen molar-refractivity contribution in [2.45, 2.75) is 20.3 Å². The maximum absolute atomic E-state index is 12.1. The van der Waals surface area contributed by atoms with Crippen LogP contribution in [0.4, 0.5) is 5.69 Å². The van der Waals surface area contributed by atoms with Crippen molar-refractivity contribution in [1.82, 2.24) is 10.3 Å². The predicted molar refractivity (Wildman–Crippen MR) is 129 cm³/mol. The summed E-state index contributed by atoms with van der Waals surface area (Å²) >= 11 is 5.24. The van der Waals surface area contributed by atoms with Crippen molar-refractivity contribution in [2.24, 2.45) is 0 Å². The lowest BCUT2D eigenvalue weighted by atomic mass is 10.1. The molecule has 0 saturated heterocycles. The van der Waals surface area contributed by atoms with Gasteiger partial charge in [0.25, 0.3) is 5.91 Å². The number of anilines is 1. The third-order valence-electron chi connectivity index (χ3n) is 4.85. The van der Waals surface area contributed by atoms with Gasteiger partial charge in [0.1, 0.15) is 11.3 Å². The van der Waals surface area contributed by atoms with Crippen LogP contribution in [0.5, 0.6) is 5.75 Å². The van der Waals surface area contributed by atoms with E-state index < -0.39 is 0 Å². The lowest BCUT2D eigenvalue weighted by molar-refractivity contribution is -0.121. The van der Waals surface area contributed by atoms with Crippen molar-refractivity contribution in [1.29, 1.82) is 0 Å². The van der Waals surface area contributed by atoms with Crippen molar-refractivity contribution in [3.8, 4) is 5.75 Å². The van der Waals surface area contributed by atoms with Crippen LogP contribution in [0, 0.1) is 13.8 Å². The summed E-state index contributed by atoms with van der Waals surface area (Å²) in [5, 5.41) is 5.85. The van der Waals surface area contributed by atoms with E-state index in [-0.39, 0.29) is 17.6 Å². The second kappa shape index (κ2) is 9.62. The Morgan fingerprint density at radius 3 is 2.59 bits per heavy atom. The number of carbonyl (C=O) groups excluding carboxylic acids is 1. The number of nitrogens with one attached hydrogen (secondary N) is 2. The highest BCUT2D eigenvalue weighted by Crippen LogP contribution is 2.19. The first-order valence-corrected chi connectivity index (χ1v) is 10.6. The molecule has 1 aromatic heterocycles. The van der Waals surface area contributed by atoms with Gasteiger partial charge in [-0.3, -0.25) is 10.1 Å². The third kappa shape index (κ3) is 5.50. The highest BCUT2D eigenvalue weighted by Gasteiger charge is 2.09. The largest absolute Gasteiger partial charge is 0.483 e. The fourth-order valence-electron chi connectivity index (χ4n) is 3.31. The molecule has 0 aliphatic carbocycles. The Balaban J connectivity index is 1.27. The number of oxazole rings is 1. The van der Waals surface area contributed by atoms with Gasteiger partial charge in [-0.1, -0.05) is 42.0 Å². The van der Waals surface area contributed by atoms with E-state index in [4.69, 9.17) is 21.4 Å². The van der Waals surface area contributed by atoms with Crippen LogP contribution in [0.2, 0.25) is 0 Å². The second-order valence-corrected chi connectivity index (χ2v) is 7.92. The van der Waals surface area contributed by atoms with E-state index >= 15 is 0 Å². The van der Waals surface area contributed by atoms with Crippen molar-refractivity contribution in [2.75, 3.05) is 11.9 Å². The zero-order valence-electron chi connectivity index (χ0n) is 17.8. The van der Waals surface area contributed by atoms with Gasteiger partial charge in [-0.2, -0.15) is 0 Å². The number of para-hydroxylation sites is 2. The first kappa shape index (κ1) is 21.5. The molecule has 0 radical (unpaired) electrons. The maximum atomic E-state index is 12.1. The first-order valence-electron chi connectivity index (χ1n) is 10.2. The van der Waals surface area contributed by atoms with Crippen molar-refractivity contribution >= 4 is 40.0 Å². The molecule has 4 aromatic rings. The number of fused-ring (bicyclic) bond motifs is 1. The van der Waals surface area contributed by atoms with E-state index in [2.05, 4.69) is 15.6 Å². The van der Waals surface area contributed by atoms with Crippen LogP contribution in [0.3, 0.4) is 0 Å². The van der Waals surface area contributed by atoms with Crippen LogP contribution < -0.4 is 15.4 Å². The molecule has 0 aliphatic rings. The number of aryl methyl sites for hydroxylation is 2. The molecule has 0 spiro atoms. The quantitative estimate of drug-likeness (QED) is 0.410. The van der Waals surface area contributed by atoms with Crippen LogP contribution in [-0.2, 0) is 11.2 Å². The Morgan fingerprint density at radius 1 is 1.06 bits per heavy atom. The Kier molecular flexibility index (Phi) is 6.47. The fraction of sp³-hybridized carbons (Fsp3) is 0.160. The monoisotopic (exact) mass is 445 g/mol. The topological polar surface area (TPSA) is 76.4 Å². The zero-order chi connectivity index (χ0) is 22.5. The molecule has 2 N–H and O–H groups in total. The average Bonchev–Trinajstić information content (AvgIpc) is 3.17. The number of benzene rings is 3. The number of nitrogens with zero attached hydrogens (tertiary/aromatic N) is 1. The molecule has 0 atom stereocenters. The van der Waals surface area contributed by atoms with E-state index in [0.29, 0.717) is 18.1 Å². The molecule has 0 unspecified atom stereocenters. The van der Waals surface area contributed by atoms with Gasteiger partial charge in [0, 0.05) is 12.1 Å². The van der Waals surface area contributed by atoms with Gasteiger partial charge in [0.05, 0.1) is 0 Å². The molecular formula is C25H23N3O3S. The first-order chi connectivity index (χ1) is 15.5. The molecule has 162 valence electrons. The Morgan fingerprint density at radius 2 is 1.84 bits per heavy atom. The average molecular weight is 446 g/mol. The van der Waals surface area contributed by atoms with Gasteiger partial charge in [0.2, 0.25) is 0 Å². The number of carbonyl (C=O) groups is 1. The summed E-state index contributed by atoms with van der Waals surface area (Å²) in [5.74, 6) is 1.02. The number of amides is 1. The molecule has 0 saturated carbocycles. The SMILES string of the molecule is Cc1ccc(OCC(=O)NC(=S)Nc2ccc(Cc3nc4ccccc4o3)cc2)c(C)c1. The Labute approximate surface area is 191 Å². The predicted octanol–water partition coefficient (Wildman–Crippen LogP) is 4.93. The molecule has 0 aliphatic heterocycles. The van der Waals surface area contributed by atoms with Gasteiger partial charge >= 0.3 is 0 Å².